The minimum absolute atomic E-state index is 0.0879. The van der Waals surface area contributed by atoms with Gasteiger partial charge in [0.25, 0.3) is 5.91 Å². The topological polar surface area (TPSA) is 128 Å². The maximum atomic E-state index is 13.9. The lowest BCUT2D eigenvalue weighted by Crippen LogP contribution is -2.46. The van der Waals surface area contributed by atoms with E-state index >= 15 is 0 Å². The number of rotatable bonds is 7. The third-order valence-electron chi connectivity index (χ3n) is 4.01. The monoisotopic (exact) mass is 443 g/mol. The van der Waals surface area contributed by atoms with Crippen LogP contribution in [0.2, 0.25) is 5.02 Å². The van der Waals surface area contributed by atoms with Gasteiger partial charge in [0.2, 0.25) is 5.88 Å². The van der Waals surface area contributed by atoms with Crippen molar-refractivity contribution >= 4 is 40.1 Å². The number of benzene rings is 1. The SMILES string of the molecule is NC(=O)c1c(OCc2ccc(Cl)cc2F)nsc1NC(=O)NCC1CNCCO1. The van der Waals surface area contributed by atoms with E-state index in [1.807, 2.05) is 0 Å². The van der Waals surface area contributed by atoms with Gasteiger partial charge in [0.1, 0.15) is 23.0 Å². The normalized spacial score (nSPS) is 16.3. The van der Waals surface area contributed by atoms with Gasteiger partial charge in [-0.1, -0.05) is 17.7 Å². The maximum absolute atomic E-state index is 13.9. The molecule has 1 fully saturated rings. The van der Waals surface area contributed by atoms with Crippen molar-refractivity contribution in [3.05, 3.63) is 40.2 Å². The van der Waals surface area contributed by atoms with Crippen molar-refractivity contribution in [1.82, 2.24) is 15.0 Å². The molecule has 1 atom stereocenters. The summed E-state index contributed by atoms with van der Waals surface area (Å²) >= 11 is 6.55. The number of carbonyl (C=O) groups is 2. The molecule has 1 saturated heterocycles. The number of nitrogens with two attached hydrogens (primary N) is 1. The van der Waals surface area contributed by atoms with Gasteiger partial charge in [-0.05, 0) is 23.7 Å². The molecule has 3 amide bonds. The molecule has 2 heterocycles. The molecule has 9 nitrogen and oxygen atoms in total. The Balaban J connectivity index is 1.61. The first kappa shape index (κ1) is 21.2. The Labute approximate surface area is 174 Å². The number of ether oxygens (including phenoxy) is 2. The van der Waals surface area contributed by atoms with Crippen molar-refractivity contribution < 1.29 is 23.5 Å². The molecule has 2 aromatic rings. The first-order valence-corrected chi connectivity index (χ1v) is 9.82. The van der Waals surface area contributed by atoms with E-state index in [2.05, 4.69) is 20.3 Å². The summed E-state index contributed by atoms with van der Waals surface area (Å²) in [6.45, 7) is 2.08. The van der Waals surface area contributed by atoms with Crippen LogP contribution in [0.25, 0.3) is 0 Å². The van der Waals surface area contributed by atoms with Crippen molar-refractivity contribution in [3.8, 4) is 5.88 Å². The van der Waals surface area contributed by atoms with Crippen LogP contribution in [-0.4, -0.2) is 48.7 Å². The average Bonchev–Trinajstić information content (AvgIpc) is 3.09. The van der Waals surface area contributed by atoms with Crippen molar-refractivity contribution in [3.63, 3.8) is 0 Å². The lowest BCUT2D eigenvalue weighted by molar-refractivity contribution is 0.0310. The van der Waals surface area contributed by atoms with Gasteiger partial charge >= 0.3 is 6.03 Å². The Morgan fingerprint density at radius 3 is 3.00 bits per heavy atom. The maximum Gasteiger partial charge on any atom is 0.320 e. The predicted octanol–water partition coefficient (Wildman–Crippen LogP) is 1.72. The predicted molar refractivity (Wildman–Crippen MR) is 106 cm³/mol. The first-order valence-electron chi connectivity index (χ1n) is 8.67. The Kier molecular flexibility index (Phi) is 7.20. The van der Waals surface area contributed by atoms with Gasteiger partial charge in [0, 0.05) is 30.2 Å². The van der Waals surface area contributed by atoms with Crippen LogP contribution in [0.1, 0.15) is 15.9 Å². The Morgan fingerprint density at radius 1 is 1.48 bits per heavy atom. The fraction of sp³-hybridized carbons (Fsp3) is 0.353. The Morgan fingerprint density at radius 2 is 2.31 bits per heavy atom. The lowest BCUT2D eigenvalue weighted by atomic mass is 10.2. The molecule has 1 unspecified atom stereocenters. The summed E-state index contributed by atoms with van der Waals surface area (Å²) < 4.78 is 28.8. The van der Waals surface area contributed by atoms with Crippen LogP contribution in [0.15, 0.2) is 18.2 Å². The van der Waals surface area contributed by atoms with E-state index in [1.165, 1.54) is 12.1 Å². The molecular formula is C17H19ClFN5O4S. The van der Waals surface area contributed by atoms with Gasteiger partial charge in [-0.25, -0.2) is 9.18 Å². The number of nitrogens with zero attached hydrogens (tertiary/aromatic N) is 1. The van der Waals surface area contributed by atoms with Crippen LogP contribution >= 0.6 is 23.1 Å². The second-order valence-electron chi connectivity index (χ2n) is 6.11. The number of amides is 3. The number of morpholine rings is 1. The molecule has 1 aromatic heterocycles. The smallest absolute Gasteiger partial charge is 0.320 e. The molecule has 12 heteroatoms. The summed E-state index contributed by atoms with van der Waals surface area (Å²) in [7, 11) is 0. The molecule has 156 valence electrons. The van der Waals surface area contributed by atoms with Gasteiger partial charge in [-0.15, -0.1) is 0 Å². The molecule has 29 heavy (non-hydrogen) atoms. The second kappa shape index (κ2) is 9.83. The van der Waals surface area contributed by atoms with E-state index in [9.17, 15) is 14.0 Å². The number of urea groups is 1. The van der Waals surface area contributed by atoms with E-state index < -0.39 is 17.8 Å². The molecule has 1 aliphatic rings. The first-order chi connectivity index (χ1) is 13.9. The fourth-order valence-electron chi connectivity index (χ4n) is 2.57. The molecule has 0 saturated carbocycles. The number of hydrogen-bond donors (Lipinski definition) is 4. The van der Waals surface area contributed by atoms with Crippen molar-refractivity contribution in [2.45, 2.75) is 12.7 Å². The second-order valence-corrected chi connectivity index (χ2v) is 7.32. The number of nitrogens with one attached hydrogen (secondary N) is 3. The number of halogens is 2. The van der Waals surface area contributed by atoms with Crippen LogP contribution in [0.4, 0.5) is 14.2 Å². The third kappa shape index (κ3) is 5.76. The highest BCUT2D eigenvalue weighted by atomic mass is 35.5. The van der Waals surface area contributed by atoms with Gasteiger partial charge in [-0.2, -0.15) is 4.37 Å². The molecule has 3 rings (SSSR count). The third-order valence-corrected chi connectivity index (χ3v) is 4.99. The van der Waals surface area contributed by atoms with Gasteiger partial charge in [0.05, 0.1) is 12.7 Å². The van der Waals surface area contributed by atoms with E-state index in [0.717, 1.165) is 24.1 Å². The zero-order valence-corrected chi connectivity index (χ0v) is 16.7. The number of carbonyl (C=O) groups excluding carboxylic acids is 2. The summed E-state index contributed by atoms with van der Waals surface area (Å²) in [4.78, 5) is 24.0. The largest absolute Gasteiger partial charge is 0.471 e. The number of anilines is 1. The summed E-state index contributed by atoms with van der Waals surface area (Å²) in [6, 6.07) is 3.59. The lowest BCUT2D eigenvalue weighted by Gasteiger charge is -2.23. The quantitative estimate of drug-likeness (QED) is 0.516. The van der Waals surface area contributed by atoms with Crippen LogP contribution in [-0.2, 0) is 11.3 Å². The molecular weight excluding hydrogens is 425 g/mol. The van der Waals surface area contributed by atoms with E-state index in [-0.39, 0.29) is 39.7 Å². The van der Waals surface area contributed by atoms with Gasteiger partial charge in [0.15, 0.2) is 0 Å². The highest BCUT2D eigenvalue weighted by molar-refractivity contribution is 7.11. The summed E-state index contributed by atoms with van der Waals surface area (Å²) in [6.07, 6.45) is -0.139. The Bertz CT molecular complexity index is 891. The minimum atomic E-state index is -0.833. The standard InChI is InChI=1S/C17H19ClFN5O4S/c18-10-2-1-9(12(19)5-10)8-28-15-13(14(20)25)16(29-24-15)23-17(26)22-7-11-6-21-3-4-27-11/h1-2,5,11,21H,3-4,6-8H2,(H2,20,25)(H2,22,23,26). The molecule has 1 aromatic carbocycles. The molecule has 0 aliphatic carbocycles. The summed E-state index contributed by atoms with van der Waals surface area (Å²) in [5.74, 6) is -1.47. The Hall–Kier alpha value is -2.47. The van der Waals surface area contributed by atoms with Crippen LogP contribution < -0.4 is 26.4 Å². The van der Waals surface area contributed by atoms with Gasteiger partial charge < -0.3 is 25.8 Å². The number of hydrogen-bond acceptors (Lipinski definition) is 7. The number of aromatic nitrogens is 1. The molecule has 5 N–H and O–H groups in total. The summed E-state index contributed by atoms with van der Waals surface area (Å²) in [5.41, 5.74) is 5.54. The van der Waals surface area contributed by atoms with Crippen molar-refractivity contribution in [2.24, 2.45) is 5.73 Å². The molecule has 0 bridgehead atoms. The highest BCUT2D eigenvalue weighted by Crippen LogP contribution is 2.31. The molecule has 1 aliphatic heterocycles. The molecule has 0 spiro atoms. The average molecular weight is 444 g/mol. The van der Waals surface area contributed by atoms with E-state index in [4.69, 9.17) is 26.8 Å². The van der Waals surface area contributed by atoms with E-state index in [0.29, 0.717) is 19.7 Å². The van der Waals surface area contributed by atoms with Crippen LogP contribution in [0, 0.1) is 5.82 Å². The molecule has 0 radical (unpaired) electrons. The van der Waals surface area contributed by atoms with Gasteiger partial charge in [-0.3, -0.25) is 10.1 Å². The number of primary amides is 1. The van der Waals surface area contributed by atoms with Crippen molar-refractivity contribution in [1.29, 1.82) is 0 Å². The zero-order chi connectivity index (χ0) is 20.8. The fourth-order valence-corrected chi connectivity index (χ4v) is 3.46. The summed E-state index contributed by atoms with van der Waals surface area (Å²) in [5, 5.41) is 8.72. The van der Waals surface area contributed by atoms with Crippen LogP contribution in [0.3, 0.4) is 0 Å². The van der Waals surface area contributed by atoms with Crippen molar-refractivity contribution in [2.75, 3.05) is 31.6 Å². The van der Waals surface area contributed by atoms with E-state index in [1.54, 1.807) is 0 Å². The van der Waals surface area contributed by atoms with Crippen LogP contribution in [0.5, 0.6) is 5.88 Å². The highest BCUT2D eigenvalue weighted by Gasteiger charge is 2.23. The minimum Gasteiger partial charge on any atom is -0.471 e. The zero-order valence-electron chi connectivity index (χ0n) is 15.2.